The summed E-state index contributed by atoms with van der Waals surface area (Å²) in [5, 5.41) is 7.61. The highest BCUT2D eigenvalue weighted by Gasteiger charge is 2.22. The van der Waals surface area contributed by atoms with E-state index in [1.54, 1.807) is 0 Å². The summed E-state index contributed by atoms with van der Waals surface area (Å²) in [4.78, 5) is 4.88. The second-order valence-corrected chi connectivity index (χ2v) is 15.5. The third-order valence-electron chi connectivity index (χ3n) is 11.2. The Kier molecular flexibility index (Phi) is 9.16. The minimum Gasteiger partial charge on any atom is -0.310 e. The smallest absolute Gasteiger partial charge is 0.0540 e. The fourth-order valence-electron chi connectivity index (χ4n) is 7.92. The molecule has 0 unspecified atom stereocenters. The summed E-state index contributed by atoms with van der Waals surface area (Å²) < 4.78 is 0. The van der Waals surface area contributed by atoms with Crippen LogP contribution in [-0.2, 0) is 6.42 Å². The van der Waals surface area contributed by atoms with Crippen LogP contribution in [0.15, 0.2) is 146 Å². The Hall–Kier alpha value is -5.60. The van der Waals surface area contributed by atoms with E-state index in [0.29, 0.717) is 17.8 Å². The Morgan fingerprint density at radius 3 is 0.962 bits per heavy atom. The summed E-state index contributed by atoms with van der Waals surface area (Å²) in [5.41, 5.74) is 12.4. The summed E-state index contributed by atoms with van der Waals surface area (Å²) in [7, 11) is 0. The monoisotopic (exact) mass is 690 g/mol. The van der Waals surface area contributed by atoms with Gasteiger partial charge >= 0.3 is 0 Å². The third kappa shape index (κ3) is 6.31. The third-order valence-corrected chi connectivity index (χ3v) is 11.2. The zero-order valence-electron chi connectivity index (χ0n) is 32.2. The first kappa shape index (κ1) is 34.5. The van der Waals surface area contributed by atoms with Crippen molar-refractivity contribution >= 4 is 66.4 Å². The molecule has 0 radical (unpaired) electrons. The maximum absolute atomic E-state index is 2.44. The standard InChI is InChI=1S/C51H50N2/c1-8-36-9-21-42(22-10-36)52(43-23-11-37(12-24-43)33(2)3)48-31-19-40-18-30-47-49(32-20-41-17-29-46(48)50(40)51(41)47)53(44-25-13-38(14-26-44)34(4)5)45-27-15-39(16-28-45)35(6)7/h9-35H,8H2,1-7H3. The van der Waals surface area contributed by atoms with Gasteiger partial charge < -0.3 is 9.80 Å². The molecule has 0 fully saturated rings. The zero-order valence-corrected chi connectivity index (χ0v) is 32.2. The maximum Gasteiger partial charge on any atom is 0.0540 e. The van der Waals surface area contributed by atoms with Crippen molar-refractivity contribution < 1.29 is 0 Å². The van der Waals surface area contributed by atoms with Crippen LogP contribution >= 0.6 is 0 Å². The van der Waals surface area contributed by atoms with Gasteiger partial charge in [-0.1, -0.05) is 133 Å². The molecule has 0 heterocycles. The van der Waals surface area contributed by atoms with Gasteiger partial charge in [0.25, 0.3) is 0 Å². The molecule has 0 aliphatic rings. The average molecular weight is 691 g/mol. The molecule has 0 amide bonds. The fourth-order valence-corrected chi connectivity index (χ4v) is 7.92. The summed E-state index contributed by atoms with van der Waals surface area (Å²) in [5.74, 6) is 1.43. The predicted molar refractivity (Wildman–Crippen MR) is 231 cm³/mol. The molecule has 0 saturated heterocycles. The topological polar surface area (TPSA) is 6.48 Å². The maximum atomic E-state index is 2.44. The van der Waals surface area contributed by atoms with Gasteiger partial charge in [-0.05, 0) is 129 Å². The van der Waals surface area contributed by atoms with E-state index in [1.807, 2.05) is 0 Å². The SMILES string of the molecule is CCc1ccc(N(c2ccc(C(C)C)cc2)c2ccc3ccc4c(N(c5ccc(C(C)C)cc5)c5ccc(C(C)C)cc5)ccc5ccc2c3c54)cc1. The molecule has 2 heteroatoms. The van der Waals surface area contributed by atoms with Crippen LogP contribution in [0.2, 0.25) is 0 Å². The lowest BCUT2D eigenvalue weighted by Gasteiger charge is -2.30. The molecule has 0 N–H and O–H groups in total. The molecule has 8 aromatic rings. The van der Waals surface area contributed by atoms with E-state index in [9.17, 15) is 0 Å². The molecule has 0 spiro atoms. The van der Waals surface area contributed by atoms with Crippen LogP contribution in [-0.4, -0.2) is 0 Å². The first-order valence-electron chi connectivity index (χ1n) is 19.4. The Balaban J connectivity index is 1.36. The Morgan fingerprint density at radius 1 is 0.358 bits per heavy atom. The number of benzene rings is 8. The molecule has 0 saturated carbocycles. The van der Waals surface area contributed by atoms with E-state index in [-0.39, 0.29) is 0 Å². The minimum absolute atomic E-state index is 0.476. The van der Waals surface area contributed by atoms with Crippen LogP contribution in [0.4, 0.5) is 34.1 Å². The van der Waals surface area contributed by atoms with Gasteiger partial charge in [0.05, 0.1) is 11.4 Å². The lowest BCUT2D eigenvalue weighted by Crippen LogP contribution is -2.12. The Bertz CT molecular complexity index is 2440. The van der Waals surface area contributed by atoms with Gasteiger partial charge in [0, 0.05) is 33.5 Å². The molecule has 0 atom stereocenters. The first-order valence-corrected chi connectivity index (χ1v) is 19.4. The molecule has 8 rings (SSSR count). The van der Waals surface area contributed by atoms with Gasteiger partial charge in [-0.2, -0.15) is 0 Å². The van der Waals surface area contributed by atoms with E-state index in [4.69, 9.17) is 0 Å². The van der Waals surface area contributed by atoms with Gasteiger partial charge in [-0.3, -0.25) is 0 Å². The van der Waals surface area contributed by atoms with Gasteiger partial charge in [-0.25, -0.2) is 0 Å². The van der Waals surface area contributed by atoms with Crippen LogP contribution in [0.25, 0.3) is 32.3 Å². The second kappa shape index (κ2) is 14.1. The van der Waals surface area contributed by atoms with Gasteiger partial charge in [0.2, 0.25) is 0 Å². The lowest BCUT2D eigenvalue weighted by molar-refractivity contribution is 0.866. The number of hydrogen-bond donors (Lipinski definition) is 0. The zero-order chi connectivity index (χ0) is 36.8. The van der Waals surface area contributed by atoms with Crippen LogP contribution in [0.1, 0.15) is 88.5 Å². The molecule has 0 aliphatic carbocycles. The summed E-state index contributed by atoms with van der Waals surface area (Å²) in [6.45, 7) is 15.8. The van der Waals surface area contributed by atoms with E-state index >= 15 is 0 Å². The number of rotatable bonds is 10. The summed E-state index contributed by atoms with van der Waals surface area (Å²) in [6, 6.07) is 55.1. The van der Waals surface area contributed by atoms with Crippen LogP contribution in [0.3, 0.4) is 0 Å². The minimum atomic E-state index is 0.476. The van der Waals surface area contributed by atoms with E-state index in [2.05, 4.69) is 204 Å². The van der Waals surface area contributed by atoms with Crippen molar-refractivity contribution in [1.29, 1.82) is 0 Å². The predicted octanol–water partition coefficient (Wildman–Crippen LogP) is 15.5. The lowest BCUT2D eigenvalue weighted by atomic mass is 9.91. The number of anilines is 6. The largest absolute Gasteiger partial charge is 0.310 e. The normalized spacial score (nSPS) is 11.9. The average Bonchev–Trinajstić information content (AvgIpc) is 3.19. The van der Waals surface area contributed by atoms with Gasteiger partial charge in [-0.15, -0.1) is 0 Å². The highest BCUT2D eigenvalue weighted by atomic mass is 15.1. The van der Waals surface area contributed by atoms with Crippen molar-refractivity contribution in [3.63, 3.8) is 0 Å². The highest BCUT2D eigenvalue weighted by molar-refractivity contribution is 6.28. The molecule has 0 bridgehead atoms. The van der Waals surface area contributed by atoms with Gasteiger partial charge in [0.1, 0.15) is 0 Å². The van der Waals surface area contributed by atoms with Crippen LogP contribution in [0.5, 0.6) is 0 Å². The van der Waals surface area contributed by atoms with Crippen LogP contribution < -0.4 is 9.80 Å². The molecular weight excluding hydrogens is 641 g/mol. The molecular formula is C51H50N2. The van der Waals surface area contributed by atoms with Gasteiger partial charge in [0.15, 0.2) is 0 Å². The van der Waals surface area contributed by atoms with Crippen molar-refractivity contribution in [2.24, 2.45) is 0 Å². The van der Waals surface area contributed by atoms with Crippen LogP contribution in [0, 0.1) is 0 Å². The Labute approximate surface area is 315 Å². The molecule has 0 aromatic heterocycles. The summed E-state index contributed by atoms with van der Waals surface area (Å²) in [6.07, 6.45) is 1.02. The molecule has 8 aromatic carbocycles. The number of nitrogens with zero attached hydrogens (tertiary/aromatic N) is 2. The van der Waals surface area contributed by atoms with Crippen molar-refractivity contribution in [2.75, 3.05) is 9.80 Å². The molecule has 2 nitrogen and oxygen atoms in total. The van der Waals surface area contributed by atoms with E-state index < -0.39 is 0 Å². The van der Waals surface area contributed by atoms with Crippen molar-refractivity contribution in [2.45, 2.75) is 72.6 Å². The highest BCUT2D eigenvalue weighted by Crippen LogP contribution is 2.47. The fraction of sp³-hybridized carbons (Fsp3) is 0.216. The molecule has 264 valence electrons. The van der Waals surface area contributed by atoms with E-state index in [1.165, 1.54) is 65.9 Å². The van der Waals surface area contributed by atoms with E-state index in [0.717, 1.165) is 29.2 Å². The Morgan fingerprint density at radius 2 is 0.660 bits per heavy atom. The molecule has 0 aliphatic heterocycles. The number of aryl methyl sites for hydroxylation is 1. The molecule has 53 heavy (non-hydrogen) atoms. The first-order chi connectivity index (χ1) is 25.7. The van der Waals surface area contributed by atoms with Crippen molar-refractivity contribution in [3.8, 4) is 0 Å². The second-order valence-electron chi connectivity index (χ2n) is 15.5. The summed E-state index contributed by atoms with van der Waals surface area (Å²) >= 11 is 0. The number of hydrogen-bond acceptors (Lipinski definition) is 2. The quantitative estimate of drug-likeness (QED) is 0.132. The van der Waals surface area contributed by atoms with Crippen molar-refractivity contribution in [1.82, 2.24) is 0 Å². The van der Waals surface area contributed by atoms with Crippen molar-refractivity contribution in [3.05, 3.63) is 168 Å².